The van der Waals surface area contributed by atoms with E-state index >= 15 is 0 Å². The molecule has 32 heavy (non-hydrogen) atoms. The van der Waals surface area contributed by atoms with Crippen LogP contribution < -0.4 is 14.8 Å². The minimum absolute atomic E-state index is 0.153. The summed E-state index contributed by atoms with van der Waals surface area (Å²) >= 11 is 2.50. The molecule has 0 aliphatic rings. The predicted octanol–water partition coefficient (Wildman–Crippen LogP) is 2.90. The summed E-state index contributed by atoms with van der Waals surface area (Å²) in [5.74, 6) is 1.16. The van der Waals surface area contributed by atoms with Crippen LogP contribution in [0.25, 0.3) is 0 Å². The predicted molar refractivity (Wildman–Crippen MR) is 117 cm³/mol. The summed E-state index contributed by atoms with van der Waals surface area (Å²) < 4.78 is 12.2. The van der Waals surface area contributed by atoms with Crippen molar-refractivity contribution >= 4 is 35.2 Å². The Kier molecular flexibility index (Phi) is 6.56. The van der Waals surface area contributed by atoms with Crippen LogP contribution in [0.4, 0.5) is 5.82 Å². The Labute approximate surface area is 191 Å². The SMILES string of the molecule is COc1ccc(Sc2ncc(Sc3nnc[nH]3)nc2C(=O)Nc2ccn(C)n2)cc1OC. The van der Waals surface area contributed by atoms with E-state index in [4.69, 9.17) is 9.47 Å². The van der Waals surface area contributed by atoms with Gasteiger partial charge in [0, 0.05) is 24.2 Å². The van der Waals surface area contributed by atoms with E-state index in [2.05, 4.69) is 35.6 Å². The molecule has 0 aliphatic carbocycles. The molecule has 13 heteroatoms. The molecule has 1 amide bonds. The van der Waals surface area contributed by atoms with Crippen LogP contribution in [0.5, 0.6) is 11.5 Å². The number of anilines is 1. The van der Waals surface area contributed by atoms with Gasteiger partial charge in [-0.25, -0.2) is 9.97 Å². The van der Waals surface area contributed by atoms with Crippen molar-refractivity contribution < 1.29 is 14.3 Å². The van der Waals surface area contributed by atoms with Gasteiger partial charge in [0.15, 0.2) is 28.2 Å². The third kappa shape index (κ3) is 5.00. The number of rotatable bonds is 8. The third-order valence-electron chi connectivity index (χ3n) is 4.05. The molecule has 3 aromatic heterocycles. The molecule has 0 radical (unpaired) electrons. The number of methoxy groups -OCH3 is 2. The fraction of sp³-hybridized carbons (Fsp3) is 0.158. The molecule has 11 nitrogen and oxygen atoms in total. The van der Waals surface area contributed by atoms with Gasteiger partial charge in [-0.3, -0.25) is 9.48 Å². The Bertz CT molecular complexity index is 1230. The second kappa shape index (κ2) is 9.70. The number of nitrogens with zero attached hydrogens (tertiary/aromatic N) is 6. The summed E-state index contributed by atoms with van der Waals surface area (Å²) in [5, 5.41) is 16.1. The summed E-state index contributed by atoms with van der Waals surface area (Å²) in [4.78, 5) is 25.7. The number of H-pyrrole nitrogens is 1. The summed E-state index contributed by atoms with van der Waals surface area (Å²) in [6.45, 7) is 0. The highest BCUT2D eigenvalue weighted by Gasteiger charge is 2.20. The molecule has 3 heterocycles. The van der Waals surface area contributed by atoms with E-state index in [1.54, 1.807) is 50.5 Å². The zero-order valence-corrected chi connectivity index (χ0v) is 18.9. The van der Waals surface area contributed by atoms with Crippen LogP contribution in [0, 0.1) is 0 Å². The second-order valence-electron chi connectivity index (χ2n) is 6.21. The van der Waals surface area contributed by atoms with E-state index in [0.717, 1.165) is 4.90 Å². The van der Waals surface area contributed by atoms with Gasteiger partial charge in [-0.2, -0.15) is 5.10 Å². The van der Waals surface area contributed by atoms with Crippen LogP contribution in [-0.2, 0) is 7.05 Å². The molecule has 1 aromatic carbocycles. The van der Waals surface area contributed by atoms with Crippen molar-refractivity contribution in [3.8, 4) is 11.5 Å². The normalized spacial score (nSPS) is 10.7. The Morgan fingerprint density at radius 3 is 2.69 bits per heavy atom. The molecule has 4 aromatic rings. The van der Waals surface area contributed by atoms with Gasteiger partial charge in [0.2, 0.25) is 0 Å². The molecule has 4 rings (SSSR count). The summed E-state index contributed by atoms with van der Waals surface area (Å²) in [7, 11) is 4.90. The lowest BCUT2D eigenvalue weighted by molar-refractivity contribution is 0.101. The number of hydrogen-bond donors (Lipinski definition) is 2. The van der Waals surface area contributed by atoms with Crippen LogP contribution in [0.15, 0.2) is 63.1 Å². The molecule has 2 N–H and O–H groups in total. The van der Waals surface area contributed by atoms with E-state index in [0.29, 0.717) is 32.5 Å². The first-order valence-corrected chi connectivity index (χ1v) is 10.8. The first-order valence-electron chi connectivity index (χ1n) is 9.17. The number of carbonyl (C=O) groups excluding carboxylic acids is 1. The lowest BCUT2D eigenvalue weighted by Crippen LogP contribution is -2.16. The Morgan fingerprint density at radius 1 is 1.16 bits per heavy atom. The number of hydrogen-bond acceptors (Lipinski definition) is 10. The topological polar surface area (TPSA) is 133 Å². The van der Waals surface area contributed by atoms with Crippen molar-refractivity contribution in [3.05, 3.63) is 48.7 Å². The number of aromatic nitrogens is 7. The molecular weight excluding hydrogens is 452 g/mol. The highest BCUT2D eigenvalue weighted by atomic mass is 32.2. The molecule has 0 saturated heterocycles. The van der Waals surface area contributed by atoms with Crippen LogP contribution in [-0.4, -0.2) is 55.1 Å². The fourth-order valence-electron chi connectivity index (χ4n) is 2.63. The number of aromatic amines is 1. The lowest BCUT2D eigenvalue weighted by Gasteiger charge is -2.11. The monoisotopic (exact) mass is 470 g/mol. The molecular formula is C19H18N8O3S2. The Balaban J connectivity index is 1.66. The molecule has 0 unspecified atom stereocenters. The second-order valence-corrected chi connectivity index (χ2v) is 8.28. The van der Waals surface area contributed by atoms with Gasteiger partial charge in [0.1, 0.15) is 16.4 Å². The maximum absolute atomic E-state index is 13.0. The standard InChI is InChI=1S/C19H18N8O3S2/c1-27-7-6-14(26-27)23-17(28)16-18(20-9-15(24-16)32-19-21-10-22-25-19)31-11-4-5-12(29-2)13(8-11)30-3/h4-10H,1-3H3,(H,21,22,25)(H,23,26,28). The number of aryl methyl sites for hydroxylation is 1. The largest absolute Gasteiger partial charge is 0.493 e. The number of carbonyl (C=O) groups is 1. The average Bonchev–Trinajstić information content (AvgIpc) is 3.46. The number of benzene rings is 1. The smallest absolute Gasteiger partial charge is 0.278 e. The van der Waals surface area contributed by atoms with Crippen LogP contribution >= 0.6 is 23.5 Å². The molecule has 0 fully saturated rings. The minimum Gasteiger partial charge on any atom is -0.493 e. The third-order valence-corrected chi connectivity index (χ3v) is 5.83. The van der Waals surface area contributed by atoms with E-state index in [-0.39, 0.29) is 5.69 Å². The summed E-state index contributed by atoms with van der Waals surface area (Å²) in [6.07, 6.45) is 4.77. The van der Waals surface area contributed by atoms with Gasteiger partial charge in [0.25, 0.3) is 5.91 Å². The van der Waals surface area contributed by atoms with E-state index in [9.17, 15) is 4.79 Å². The fourth-order valence-corrected chi connectivity index (χ4v) is 4.13. The Hall–Kier alpha value is -3.58. The summed E-state index contributed by atoms with van der Waals surface area (Å²) in [5.41, 5.74) is 0.153. The van der Waals surface area contributed by atoms with Crippen LogP contribution in [0.1, 0.15) is 10.5 Å². The molecule has 0 bridgehead atoms. The van der Waals surface area contributed by atoms with E-state index in [1.807, 2.05) is 12.1 Å². The number of ether oxygens (including phenoxy) is 2. The van der Waals surface area contributed by atoms with Gasteiger partial charge in [-0.15, -0.1) is 10.2 Å². The number of nitrogens with one attached hydrogen (secondary N) is 2. The van der Waals surface area contributed by atoms with Gasteiger partial charge >= 0.3 is 0 Å². The maximum Gasteiger partial charge on any atom is 0.278 e. The van der Waals surface area contributed by atoms with Crippen molar-refractivity contribution in [1.82, 2.24) is 34.9 Å². The van der Waals surface area contributed by atoms with Gasteiger partial charge < -0.3 is 19.8 Å². The first kappa shape index (κ1) is 21.6. The summed E-state index contributed by atoms with van der Waals surface area (Å²) in [6, 6.07) is 7.14. The molecule has 0 saturated carbocycles. The van der Waals surface area contributed by atoms with Gasteiger partial charge in [0.05, 0.1) is 20.4 Å². The number of amides is 1. The molecule has 0 spiro atoms. The van der Waals surface area contributed by atoms with Crippen molar-refractivity contribution in [2.45, 2.75) is 20.1 Å². The van der Waals surface area contributed by atoms with Crippen molar-refractivity contribution in [1.29, 1.82) is 0 Å². The Morgan fingerprint density at radius 2 is 2.00 bits per heavy atom. The van der Waals surface area contributed by atoms with Crippen molar-refractivity contribution in [2.24, 2.45) is 7.05 Å². The molecule has 0 aliphatic heterocycles. The van der Waals surface area contributed by atoms with Gasteiger partial charge in [-0.1, -0.05) is 11.8 Å². The van der Waals surface area contributed by atoms with E-state index < -0.39 is 5.91 Å². The zero-order valence-electron chi connectivity index (χ0n) is 17.3. The highest BCUT2D eigenvalue weighted by Crippen LogP contribution is 2.36. The maximum atomic E-state index is 13.0. The van der Waals surface area contributed by atoms with Crippen molar-refractivity contribution in [3.63, 3.8) is 0 Å². The van der Waals surface area contributed by atoms with Crippen molar-refractivity contribution in [2.75, 3.05) is 19.5 Å². The molecule has 164 valence electrons. The minimum atomic E-state index is -0.431. The molecule has 0 atom stereocenters. The first-order chi connectivity index (χ1) is 15.6. The highest BCUT2D eigenvalue weighted by molar-refractivity contribution is 7.99. The van der Waals surface area contributed by atoms with Crippen LogP contribution in [0.2, 0.25) is 0 Å². The lowest BCUT2D eigenvalue weighted by atomic mass is 10.3. The average molecular weight is 471 g/mol. The quantitative estimate of drug-likeness (QED) is 0.396. The van der Waals surface area contributed by atoms with E-state index in [1.165, 1.54) is 29.9 Å². The van der Waals surface area contributed by atoms with Gasteiger partial charge in [-0.05, 0) is 30.0 Å². The zero-order chi connectivity index (χ0) is 22.5. The van der Waals surface area contributed by atoms with Crippen LogP contribution in [0.3, 0.4) is 0 Å².